The molecule has 0 spiro atoms. The molecule has 1 aromatic carbocycles. The molecule has 0 unspecified atom stereocenters. The van der Waals surface area contributed by atoms with Crippen molar-refractivity contribution in [2.45, 2.75) is 33.7 Å². The number of hydrogen-bond acceptors (Lipinski definition) is 5. The van der Waals surface area contributed by atoms with Gasteiger partial charge < -0.3 is 0 Å². The van der Waals surface area contributed by atoms with E-state index in [-0.39, 0.29) is 15.0 Å². The lowest BCUT2D eigenvalue weighted by Crippen LogP contribution is -2.27. The number of rotatable bonds is 3. The van der Waals surface area contributed by atoms with Crippen LogP contribution in [-0.4, -0.2) is 28.5 Å². The largest absolute Gasteiger partial charge is 0.285 e. The molecule has 0 bridgehead atoms. The molecule has 1 aliphatic rings. The number of thioether (sulfide) groups is 1. The number of nitrogens with zero attached hydrogens (tertiary/aromatic N) is 2. The Morgan fingerprint density at radius 2 is 2.05 bits per heavy atom. The maximum Gasteiger partial charge on any atom is 0.273 e. The van der Waals surface area contributed by atoms with Crippen molar-refractivity contribution in [1.82, 2.24) is 9.55 Å². The van der Waals surface area contributed by atoms with Gasteiger partial charge >= 0.3 is 0 Å². The fourth-order valence-corrected chi connectivity index (χ4v) is 5.08. The fraction of sp³-hybridized carbons (Fsp3) is 0.286. The minimum Gasteiger partial charge on any atom is -0.285 e. The van der Waals surface area contributed by atoms with E-state index < -0.39 is 15.4 Å². The third kappa shape index (κ3) is 2.63. The summed E-state index contributed by atoms with van der Waals surface area (Å²) in [7, 11) is -3.85. The Labute approximate surface area is 140 Å². The molecule has 0 saturated heterocycles. The van der Waals surface area contributed by atoms with Crippen molar-refractivity contribution in [2.24, 2.45) is 0 Å². The highest BCUT2D eigenvalue weighted by Gasteiger charge is 2.29. The van der Waals surface area contributed by atoms with Gasteiger partial charge in [-0.15, -0.1) is 0 Å². The lowest BCUT2D eigenvalue weighted by atomic mass is 10.2. The second-order valence-electron chi connectivity index (χ2n) is 5.03. The molecule has 1 aliphatic heterocycles. The van der Waals surface area contributed by atoms with Crippen molar-refractivity contribution in [3.8, 4) is 0 Å². The molecule has 1 atom stereocenters. The molecule has 8 heteroatoms. The van der Waals surface area contributed by atoms with Crippen LogP contribution in [0.5, 0.6) is 0 Å². The van der Waals surface area contributed by atoms with Crippen molar-refractivity contribution in [1.29, 1.82) is 0 Å². The van der Waals surface area contributed by atoms with Gasteiger partial charge in [-0.05, 0) is 19.1 Å². The summed E-state index contributed by atoms with van der Waals surface area (Å²) in [5, 5.41) is 1.48. The van der Waals surface area contributed by atoms with Crippen molar-refractivity contribution in [3.63, 3.8) is 0 Å². The Balaban J connectivity index is 2.10. The van der Waals surface area contributed by atoms with Crippen LogP contribution in [0.1, 0.15) is 5.56 Å². The van der Waals surface area contributed by atoms with E-state index in [1.165, 1.54) is 34.7 Å². The standard InChI is InChI=1S/C14H13BrN2O3S2/c1-9-2-4-11(5-3-9)22(19,20)12-7-16-14-17(13(12)18)8-10(6-15)21-14/h2-5,7,10H,6,8H2,1H3/t10-/m0/s1. The van der Waals surface area contributed by atoms with Gasteiger partial charge in [0.15, 0.2) is 10.1 Å². The lowest BCUT2D eigenvalue weighted by Gasteiger charge is -2.07. The summed E-state index contributed by atoms with van der Waals surface area (Å²) in [6.45, 7) is 2.34. The summed E-state index contributed by atoms with van der Waals surface area (Å²) in [6.07, 6.45) is 1.17. The highest BCUT2D eigenvalue weighted by atomic mass is 79.9. The zero-order chi connectivity index (χ0) is 15.9. The molecule has 2 aromatic rings. The molecule has 1 aromatic heterocycles. The number of sulfone groups is 1. The van der Waals surface area contributed by atoms with Crippen LogP contribution in [0.25, 0.3) is 0 Å². The third-order valence-corrected chi connectivity index (χ3v) is 7.58. The molecule has 2 heterocycles. The summed E-state index contributed by atoms with van der Waals surface area (Å²) in [4.78, 5) is 16.5. The zero-order valence-electron chi connectivity index (χ0n) is 11.7. The van der Waals surface area contributed by atoms with Gasteiger partial charge in [0.1, 0.15) is 0 Å². The van der Waals surface area contributed by atoms with Gasteiger partial charge in [-0.25, -0.2) is 13.4 Å². The maximum absolute atomic E-state index is 12.6. The summed E-state index contributed by atoms with van der Waals surface area (Å²) >= 11 is 4.86. The van der Waals surface area contributed by atoms with Crippen LogP contribution >= 0.6 is 27.7 Å². The number of fused-ring (bicyclic) bond motifs is 1. The normalized spacial score (nSPS) is 17.5. The van der Waals surface area contributed by atoms with Crippen LogP contribution in [0, 0.1) is 6.92 Å². The zero-order valence-corrected chi connectivity index (χ0v) is 14.9. The summed E-state index contributed by atoms with van der Waals surface area (Å²) < 4.78 is 26.7. The molecule has 0 saturated carbocycles. The summed E-state index contributed by atoms with van der Waals surface area (Å²) in [6, 6.07) is 6.44. The van der Waals surface area contributed by atoms with E-state index >= 15 is 0 Å². The van der Waals surface area contributed by atoms with Gasteiger partial charge in [0, 0.05) is 17.1 Å². The minimum absolute atomic E-state index is 0.111. The monoisotopic (exact) mass is 400 g/mol. The third-order valence-electron chi connectivity index (χ3n) is 3.43. The van der Waals surface area contributed by atoms with Gasteiger partial charge in [0.25, 0.3) is 5.56 Å². The van der Waals surface area contributed by atoms with E-state index in [2.05, 4.69) is 20.9 Å². The second-order valence-corrected chi connectivity index (χ2v) is 8.86. The first kappa shape index (κ1) is 15.8. The molecule has 0 amide bonds. The average Bonchev–Trinajstić information content (AvgIpc) is 2.92. The molecular formula is C14H13BrN2O3S2. The molecule has 0 N–H and O–H groups in total. The lowest BCUT2D eigenvalue weighted by molar-refractivity contribution is 0.575. The van der Waals surface area contributed by atoms with Crippen LogP contribution in [0.4, 0.5) is 0 Å². The molecule has 0 fully saturated rings. The predicted molar refractivity (Wildman–Crippen MR) is 88.6 cm³/mol. The van der Waals surface area contributed by atoms with Crippen molar-refractivity contribution in [2.75, 3.05) is 5.33 Å². The Morgan fingerprint density at radius 3 is 2.68 bits per heavy atom. The van der Waals surface area contributed by atoms with Crippen LogP contribution in [0.15, 0.2) is 50.2 Å². The SMILES string of the molecule is Cc1ccc(S(=O)(=O)c2cnc3n(c2=O)C[C@H](CBr)S3)cc1. The topological polar surface area (TPSA) is 69.0 Å². The number of aromatic nitrogens is 2. The summed E-state index contributed by atoms with van der Waals surface area (Å²) in [5.74, 6) is 0. The van der Waals surface area contributed by atoms with Gasteiger partial charge in [-0.3, -0.25) is 9.36 Å². The van der Waals surface area contributed by atoms with Crippen LogP contribution in [0.2, 0.25) is 0 Å². The van der Waals surface area contributed by atoms with Gasteiger partial charge in [-0.2, -0.15) is 0 Å². The van der Waals surface area contributed by atoms with Crippen LogP contribution < -0.4 is 5.56 Å². The summed E-state index contributed by atoms with van der Waals surface area (Å²) in [5.41, 5.74) is 0.459. The van der Waals surface area contributed by atoms with Crippen molar-refractivity contribution >= 4 is 37.5 Å². The van der Waals surface area contributed by atoms with Crippen LogP contribution in [0.3, 0.4) is 0 Å². The minimum atomic E-state index is -3.85. The maximum atomic E-state index is 12.6. The predicted octanol–water partition coefficient (Wildman–Crippen LogP) is 2.25. The second kappa shape index (κ2) is 5.82. The van der Waals surface area contributed by atoms with Gasteiger partial charge in [0.05, 0.1) is 11.1 Å². The van der Waals surface area contributed by atoms with Gasteiger partial charge in [0.2, 0.25) is 9.84 Å². The number of aryl methyl sites for hydroxylation is 1. The number of alkyl halides is 1. The van der Waals surface area contributed by atoms with E-state index in [0.29, 0.717) is 11.7 Å². The van der Waals surface area contributed by atoms with E-state index in [1.54, 1.807) is 12.1 Å². The average molecular weight is 401 g/mol. The Kier molecular flexibility index (Phi) is 4.17. The fourth-order valence-electron chi connectivity index (χ4n) is 2.21. The first-order valence-corrected chi connectivity index (χ1v) is 10.1. The first-order chi connectivity index (χ1) is 10.4. The first-order valence-electron chi connectivity index (χ1n) is 6.57. The quantitative estimate of drug-likeness (QED) is 0.583. The van der Waals surface area contributed by atoms with Crippen molar-refractivity contribution in [3.05, 3.63) is 46.4 Å². The van der Waals surface area contributed by atoms with E-state index in [0.717, 1.165) is 10.9 Å². The number of hydrogen-bond donors (Lipinski definition) is 0. The Morgan fingerprint density at radius 1 is 1.36 bits per heavy atom. The molecule has 0 radical (unpaired) electrons. The number of benzene rings is 1. The molecular weight excluding hydrogens is 388 g/mol. The number of halogens is 1. The molecule has 116 valence electrons. The Bertz CT molecular complexity index is 876. The smallest absolute Gasteiger partial charge is 0.273 e. The van der Waals surface area contributed by atoms with Crippen LogP contribution in [-0.2, 0) is 16.4 Å². The van der Waals surface area contributed by atoms with Crippen molar-refractivity contribution < 1.29 is 8.42 Å². The molecule has 22 heavy (non-hydrogen) atoms. The molecule has 3 rings (SSSR count). The van der Waals surface area contributed by atoms with E-state index in [9.17, 15) is 13.2 Å². The molecule has 0 aliphatic carbocycles. The van der Waals surface area contributed by atoms with E-state index in [1.807, 2.05) is 6.92 Å². The highest BCUT2D eigenvalue weighted by molar-refractivity contribution is 9.09. The Hall–Kier alpha value is -1.12. The van der Waals surface area contributed by atoms with Gasteiger partial charge in [-0.1, -0.05) is 45.4 Å². The molecule has 5 nitrogen and oxygen atoms in total. The highest BCUT2D eigenvalue weighted by Crippen LogP contribution is 2.30. The van der Waals surface area contributed by atoms with E-state index in [4.69, 9.17) is 0 Å².